The Bertz CT molecular complexity index is 762. The van der Waals surface area contributed by atoms with Gasteiger partial charge in [-0.05, 0) is 12.1 Å². The number of nitrogens with zero attached hydrogens (tertiary/aromatic N) is 3. The third-order valence-electron chi connectivity index (χ3n) is 3.06. The lowest BCUT2D eigenvalue weighted by Crippen LogP contribution is -2.43. The van der Waals surface area contributed by atoms with E-state index in [1.165, 1.54) is 4.31 Å². The van der Waals surface area contributed by atoms with Crippen LogP contribution in [0.4, 0.5) is 5.82 Å². The van der Waals surface area contributed by atoms with Crippen molar-refractivity contribution < 1.29 is 13.2 Å². The van der Waals surface area contributed by atoms with E-state index in [9.17, 15) is 8.42 Å². The quantitative estimate of drug-likeness (QED) is 0.917. The SMILES string of the molecule is O=S(=O)(Nc1nc2ccccc2nc1Cl)N1CCOCC1. The number of hydrogen-bond donors (Lipinski definition) is 1. The molecule has 9 heteroatoms. The van der Waals surface area contributed by atoms with Crippen LogP contribution in [0.15, 0.2) is 24.3 Å². The predicted octanol–water partition coefficient (Wildman–Crippen LogP) is 1.27. The third kappa shape index (κ3) is 3.08. The Morgan fingerprint density at radius 1 is 1.14 bits per heavy atom. The van der Waals surface area contributed by atoms with Crippen LogP contribution in [0.2, 0.25) is 5.15 Å². The summed E-state index contributed by atoms with van der Waals surface area (Å²) in [7, 11) is -3.71. The summed E-state index contributed by atoms with van der Waals surface area (Å²) < 4.78 is 33.4. The fourth-order valence-electron chi connectivity index (χ4n) is 2.02. The van der Waals surface area contributed by atoms with Gasteiger partial charge in [0.15, 0.2) is 11.0 Å². The number of morpholine rings is 1. The number of anilines is 1. The minimum atomic E-state index is -3.71. The van der Waals surface area contributed by atoms with Gasteiger partial charge in [-0.3, -0.25) is 4.72 Å². The largest absolute Gasteiger partial charge is 0.379 e. The molecule has 0 aliphatic carbocycles. The highest BCUT2D eigenvalue weighted by Crippen LogP contribution is 2.22. The molecule has 7 nitrogen and oxygen atoms in total. The number of aromatic nitrogens is 2. The summed E-state index contributed by atoms with van der Waals surface area (Å²) >= 11 is 6.00. The predicted molar refractivity (Wildman–Crippen MR) is 79.5 cm³/mol. The second-order valence-corrected chi connectivity index (χ2v) is 6.50. The van der Waals surface area contributed by atoms with Crippen molar-refractivity contribution >= 4 is 38.7 Å². The van der Waals surface area contributed by atoms with E-state index in [1.807, 2.05) is 6.07 Å². The van der Waals surface area contributed by atoms with E-state index in [-0.39, 0.29) is 11.0 Å². The van der Waals surface area contributed by atoms with Crippen LogP contribution in [0.25, 0.3) is 11.0 Å². The number of benzene rings is 1. The lowest BCUT2D eigenvalue weighted by molar-refractivity contribution is 0.0733. The second-order valence-electron chi connectivity index (χ2n) is 4.47. The molecule has 0 unspecified atom stereocenters. The first-order chi connectivity index (χ1) is 10.1. The Balaban J connectivity index is 1.91. The van der Waals surface area contributed by atoms with Crippen molar-refractivity contribution in [3.63, 3.8) is 0 Å². The molecule has 2 heterocycles. The zero-order chi connectivity index (χ0) is 14.9. The van der Waals surface area contributed by atoms with Crippen molar-refractivity contribution in [3.8, 4) is 0 Å². The highest BCUT2D eigenvalue weighted by Gasteiger charge is 2.25. The van der Waals surface area contributed by atoms with E-state index in [1.54, 1.807) is 18.2 Å². The van der Waals surface area contributed by atoms with E-state index in [4.69, 9.17) is 16.3 Å². The fraction of sp³-hybridized carbons (Fsp3) is 0.333. The first-order valence-corrected chi connectivity index (χ1v) is 8.16. The number of rotatable bonds is 3. The van der Waals surface area contributed by atoms with Crippen molar-refractivity contribution in [1.82, 2.24) is 14.3 Å². The lowest BCUT2D eigenvalue weighted by atomic mass is 10.3. The summed E-state index contributed by atoms with van der Waals surface area (Å²) in [4.78, 5) is 8.35. The van der Waals surface area contributed by atoms with Crippen LogP contribution in [0.3, 0.4) is 0 Å². The maximum absolute atomic E-state index is 12.3. The standard InChI is InChI=1S/C12H13ClN4O3S/c13-11-12(15-10-4-2-1-3-9(10)14-11)16-21(18,19)17-5-7-20-8-6-17/h1-4H,5-8H2,(H,15,16). The van der Waals surface area contributed by atoms with Crippen LogP contribution < -0.4 is 4.72 Å². The van der Waals surface area contributed by atoms with Crippen molar-refractivity contribution in [1.29, 1.82) is 0 Å². The Morgan fingerprint density at radius 2 is 1.76 bits per heavy atom. The van der Waals surface area contributed by atoms with Gasteiger partial charge in [-0.25, -0.2) is 9.97 Å². The molecule has 1 aromatic heterocycles. The van der Waals surface area contributed by atoms with Gasteiger partial charge in [-0.15, -0.1) is 0 Å². The van der Waals surface area contributed by atoms with E-state index in [2.05, 4.69) is 14.7 Å². The van der Waals surface area contributed by atoms with Gasteiger partial charge < -0.3 is 4.74 Å². The van der Waals surface area contributed by atoms with Crippen molar-refractivity contribution in [2.75, 3.05) is 31.0 Å². The van der Waals surface area contributed by atoms with E-state index < -0.39 is 10.2 Å². The summed E-state index contributed by atoms with van der Waals surface area (Å²) in [6.45, 7) is 1.35. The molecule has 112 valence electrons. The minimum Gasteiger partial charge on any atom is -0.379 e. The molecular weight excluding hydrogens is 316 g/mol. The topological polar surface area (TPSA) is 84.4 Å². The summed E-state index contributed by atoms with van der Waals surface area (Å²) in [5, 5.41) is 0.0190. The van der Waals surface area contributed by atoms with Gasteiger partial charge in [-0.2, -0.15) is 12.7 Å². The van der Waals surface area contributed by atoms with Gasteiger partial charge in [0.25, 0.3) is 0 Å². The smallest absolute Gasteiger partial charge is 0.303 e. The van der Waals surface area contributed by atoms with Gasteiger partial charge in [0.1, 0.15) is 0 Å². The van der Waals surface area contributed by atoms with Gasteiger partial charge in [0, 0.05) is 13.1 Å². The molecule has 1 fully saturated rings. The molecule has 0 radical (unpaired) electrons. The van der Waals surface area contributed by atoms with Crippen molar-refractivity contribution in [2.45, 2.75) is 0 Å². The highest BCUT2D eigenvalue weighted by atomic mass is 35.5. The molecule has 1 aliphatic rings. The molecule has 21 heavy (non-hydrogen) atoms. The molecule has 1 N–H and O–H groups in total. The van der Waals surface area contributed by atoms with Crippen molar-refractivity contribution in [3.05, 3.63) is 29.4 Å². The Kier molecular flexibility index (Phi) is 3.94. The normalized spacial score (nSPS) is 17.0. The monoisotopic (exact) mass is 328 g/mol. The zero-order valence-electron chi connectivity index (χ0n) is 11.0. The van der Waals surface area contributed by atoms with Gasteiger partial charge in [0.05, 0.1) is 24.2 Å². The molecule has 3 rings (SSSR count). The number of para-hydroxylation sites is 2. The summed E-state index contributed by atoms with van der Waals surface area (Å²) in [5.41, 5.74) is 1.18. The summed E-state index contributed by atoms with van der Waals surface area (Å²) in [6.07, 6.45) is 0. The molecule has 0 saturated carbocycles. The molecule has 1 saturated heterocycles. The average molecular weight is 329 g/mol. The molecule has 0 spiro atoms. The van der Waals surface area contributed by atoms with Gasteiger partial charge >= 0.3 is 10.2 Å². The van der Waals surface area contributed by atoms with Crippen LogP contribution in [0.5, 0.6) is 0 Å². The number of fused-ring (bicyclic) bond motifs is 1. The Hall–Kier alpha value is -1.48. The maximum atomic E-state index is 12.3. The molecular formula is C12H13ClN4O3S. The molecule has 1 aromatic carbocycles. The Labute approximate surface area is 127 Å². The fourth-order valence-corrected chi connectivity index (χ4v) is 3.40. The number of ether oxygens (including phenoxy) is 1. The first kappa shape index (κ1) is 14.5. The van der Waals surface area contributed by atoms with Crippen LogP contribution in [0, 0.1) is 0 Å². The van der Waals surface area contributed by atoms with Gasteiger partial charge in [0.2, 0.25) is 0 Å². The maximum Gasteiger partial charge on any atom is 0.303 e. The molecule has 0 amide bonds. The minimum absolute atomic E-state index is 0.0190. The van der Waals surface area contributed by atoms with Crippen LogP contribution >= 0.6 is 11.6 Å². The van der Waals surface area contributed by atoms with E-state index >= 15 is 0 Å². The number of halogens is 1. The summed E-state index contributed by atoms with van der Waals surface area (Å²) in [6, 6.07) is 7.11. The number of nitrogens with one attached hydrogen (secondary N) is 1. The molecule has 0 bridgehead atoms. The molecule has 2 aromatic rings. The lowest BCUT2D eigenvalue weighted by Gasteiger charge is -2.26. The summed E-state index contributed by atoms with van der Waals surface area (Å²) in [5.74, 6) is 0.0295. The highest BCUT2D eigenvalue weighted by molar-refractivity contribution is 7.90. The molecule has 1 aliphatic heterocycles. The zero-order valence-corrected chi connectivity index (χ0v) is 12.6. The van der Waals surface area contributed by atoms with E-state index in [0.717, 1.165) is 0 Å². The van der Waals surface area contributed by atoms with Gasteiger partial charge in [-0.1, -0.05) is 23.7 Å². The second kappa shape index (κ2) is 5.72. The van der Waals surface area contributed by atoms with Crippen LogP contribution in [-0.2, 0) is 14.9 Å². The molecule has 0 atom stereocenters. The average Bonchev–Trinajstić information content (AvgIpc) is 2.49. The van der Waals surface area contributed by atoms with E-state index in [0.29, 0.717) is 37.3 Å². The van der Waals surface area contributed by atoms with Crippen LogP contribution in [-0.4, -0.2) is 49.0 Å². The Morgan fingerprint density at radius 3 is 2.43 bits per heavy atom. The van der Waals surface area contributed by atoms with Crippen LogP contribution in [0.1, 0.15) is 0 Å². The third-order valence-corrected chi connectivity index (χ3v) is 4.82. The first-order valence-electron chi connectivity index (χ1n) is 6.34. The number of hydrogen-bond acceptors (Lipinski definition) is 5. The van der Waals surface area contributed by atoms with Crippen molar-refractivity contribution in [2.24, 2.45) is 0 Å².